The van der Waals surface area contributed by atoms with Crippen LogP contribution < -0.4 is 5.32 Å². The van der Waals surface area contributed by atoms with E-state index in [9.17, 15) is 9.59 Å². The average Bonchev–Trinajstić information content (AvgIpc) is 3.20. The lowest BCUT2D eigenvalue weighted by atomic mass is 9.88. The quantitative estimate of drug-likeness (QED) is 0.731. The third kappa shape index (κ3) is 2.44. The van der Waals surface area contributed by atoms with Crippen LogP contribution in [0, 0.1) is 0 Å². The first kappa shape index (κ1) is 16.3. The van der Waals surface area contributed by atoms with Gasteiger partial charge in [0.25, 0.3) is 5.91 Å². The van der Waals surface area contributed by atoms with Gasteiger partial charge in [0.1, 0.15) is 5.54 Å². The van der Waals surface area contributed by atoms with Gasteiger partial charge in [-0.2, -0.15) is 4.98 Å². The van der Waals surface area contributed by atoms with Gasteiger partial charge in [0, 0.05) is 6.42 Å². The Kier molecular flexibility index (Phi) is 3.72. The first-order valence-electron chi connectivity index (χ1n) is 8.46. The maximum atomic E-state index is 13.1. The van der Waals surface area contributed by atoms with E-state index in [1.165, 1.54) is 0 Å². The molecule has 1 aliphatic rings. The van der Waals surface area contributed by atoms with Crippen molar-refractivity contribution in [2.24, 2.45) is 0 Å². The summed E-state index contributed by atoms with van der Waals surface area (Å²) in [5.41, 5.74) is -0.381. The van der Waals surface area contributed by atoms with Crippen molar-refractivity contribution < 1.29 is 14.1 Å². The monoisotopic (exact) mass is 350 g/mol. The molecule has 1 atom stereocenters. The fourth-order valence-corrected chi connectivity index (χ4v) is 3.32. The molecule has 132 valence electrons. The molecule has 1 fully saturated rings. The zero-order valence-corrected chi connectivity index (χ0v) is 14.5. The van der Waals surface area contributed by atoms with Gasteiger partial charge in [-0.25, -0.2) is 4.79 Å². The minimum Gasteiger partial charge on any atom is -0.339 e. The summed E-state index contributed by atoms with van der Waals surface area (Å²) in [7, 11) is 0. The van der Waals surface area contributed by atoms with E-state index in [1.54, 1.807) is 6.92 Å². The molecule has 2 aromatic carbocycles. The van der Waals surface area contributed by atoms with Crippen LogP contribution in [0.15, 0.2) is 47.0 Å². The summed E-state index contributed by atoms with van der Waals surface area (Å²) in [5, 5.41) is 8.60. The van der Waals surface area contributed by atoms with Crippen LogP contribution >= 0.6 is 0 Å². The van der Waals surface area contributed by atoms with Gasteiger partial charge in [0.05, 0.1) is 6.54 Å². The highest BCUT2D eigenvalue weighted by atomic mass is 16.5. The first-order chi connectivity index (χ1) is 12.5. The predicted octanol–water partition coefficient (Wildman–Crippen LogP) is 2.75. The number of urea groups is 1. The molecular formula is C19H18N4O3. The Bertz CT molecular complexity index is 1010. The van der Waals surface area contributed by atoms with Gasteiger partial charge < -0.3 is 9.84 Å². The van der Waals surface area contributed by atoms with Crippen molar-refractivity contribution in [2.75, 3.05) is 0 Å². The van der Waals surface area contributed by atoms with Crippen molar-refractivity contribution in [3.8, 4) is 0 Å². The molecule has 1 aliphatic heterocycles. The second-order valence-electron chi connectivity index (χ2n) is 6.43. The lowest BCUT2D eigenvalue weighted by Gasteiger charge is -2.23. The maximum Gasteiger partial charge on any atom is 0.325 e. The number of nitrogens with one attached hydrogen (secondary N) is 1. The third-order valence-electron chi connectivity index (χ3n) is 4.72. The summed E-state index contributed by atoms with van der Waals surface area (Å²) in [5.74, 6) is 0.457. The summed E-state index contributed by atoms with van der Waals surface area (Å²) in [6, 6.07) is 13.1. The zero-order chi connectivity index (χ0) is 18.3. The minimum atomic E-state index is -1.14. The Hall–Kier alpha value is -3.22. The summed E-state index contributed by atoms with van der Waals surface area (Å²) in [6.07, 6.45) is 0.598. The number of hydrogen-bond acceptors (Lipinski definition) is 5. The van der Waals surface area contributed by atoms with Crippen molar-refractivity contribution in [2.45, 2.75) is 32.4 Å². The number of aromatic nitrogens is 2. The number of fused-ring (bicyclic) bond motifs is 1. The molecule has 0 radical (unpaired) electrons. The van der Waals surface area contributed by atoms with Crippen molar-refractivity contribution in [1.29, 1.82) is 0 Å². The number of rotatable bonds is 4. The third-order valence-corrected chi connectivity index (χ3v) is 4.72. The molecule has 7 heteroatoms. The molecule has 26 heavy (non-hydrogen) atoms. The Morgan fingerprint density at radius 2 is 1.92 bits per heavy atom. The molecule has 0 unspecified atom stereocenters. The van der Waals surface area contributed by atoms with E-state index >= 15 is 0 Å². The Morgan fingerprint density at radius 3 is 2.69 bits per heavy atom. The maximum absolute atomic E-state index is 13.1. The lowest BCUT2D eigenvalue weighted by molar-refractivity contribution is -0.131. The van der Waals surface area contributed by atoms with Gasteiger partial charge in [-0.05, 0) is 23.3 Å². The molecule has 2 heterocycles. The summed E-state index contributed by atoms with van der Waals surface area (Å²) < 4.78 is 5.06. The average molecular weight is 350 g/mol. The molecule has 3 aromatic rings. The standard InChI is InChI=1S/C19H18N4O3/c1-3-16-20-15(22-26-16)11-23-17(24)19(2,21-18(23)25)14-10-6-8-12-7-4-5-9-13(12)14/h4-10H,3,11H2,1-2H3,(H,21,25)/t19-/m1/s1. The molecule has 1 saturated heterocycles. The first-order valence-corrected chi connectivity index (χ1v) is 8.46. The van der Waals surface area contributed by atoms with Crippen molar-refractivity contribution in [3.05, 3.63) is 59.7 Å². The van der Waals surface area contributed by atoms with Crippen LogP contribution in [-0.2, 0) is 23.3 Å². The van der Waals surface area contributed by atoms with Crippen LogP contribution in [0.25, 0.3) is 10.8 Å². The van der Waals surface area contributed by atoms with Crippen molar-refractivity contribution in [1.82, 2.24) is 20.4 Å². The van der Waals surface area contributed by atoms with Crippen molar-refractivity contribution >= 4 is 22.7 Å². The van der Waals surface area contributed by atoms with Crippen LogP contribution in [0.5, 0.6) is 0 Å². The highest BCUT2D eigenvalue weighted by Gasteiger charge is 2.49. The molecule has 4 rings (SSSR count). The van der Waals surface area contributed by atoms with Gasteiger partial charge >= 0.3 is 6.03 Å². The van der Waals surface area contributed by atoms with Crippen LogP contribution in [0.3, 0.4) is 0 Å². The SMILES string of the molecule is CCc1nc(CN2C(=O)N[C@](C)(c3cccc4ccccc34)C2=O)no1. The van der Waals surface area contributed by atoms with Crippen LogP contribution in [0.1, 0.15) is 31.1 Å². The number of nitrogens with zero attached hydrogens (tertiary/aromatic N) is 3. The largest absolute Gasteiger partial charge is 0.339 e. The number of benzene rings is 2. The molecule has 3 amide bonds. The number of aryl methyl sites for hydroxylation is 1. The molecule has 0 aliphatic carbocycles. The zero-order valence-electron chi connectivity index (χ0n) is 14.5. The lowest BCUT2D eigenvalue weighted by Crippen LogP contribution is -2.41. The minimum absolute atomic E-state index is 0.0193. The van der Waals surface area contributed by atoms with Gasteiger partial charge in [-0.15, -0.1) is 0 Å². The number of amides is 3. The van der Waals surface area contributed by atoms with Gasteiger partial charge in [-0.3, -0.25) is 9.69 Å². The molecule has 0 spiro atoms. The van der Waals surface area contributed by atoms with Gasteiger partial charge in [0.2, 0.25) is 5.89 Å². The Labute approximate surface area is 150 Å². The number of hydrogen-bond donors (Lipinski definition) is 1. The highest BCUT2D eigenvalue weighted by Crippen LogP contribution is 2.34. The molecule has 0 saturated carbocycles. The fraction of sp³-hybridized carbons (Fsp3) is 0.263. The van der Waals surface area contributed by atoms with Gasteiger partial charge in [0.15, 0.2) is 5.82 Å². The van der Waals surface area contributed by atoms with E-state index in [4.69, 9.17) is 4.52 Å². The molecular weight excluding hydrogens is 332 g/mol. The second kappa shape index (κ2) is 5.94. The summed E-state index contributed by atoms with van der Waals surface area (Å²) >= 11 is 0. The predicted molar refractivity (Wildman–Crippen MR) is 94.1 cm³/mol. The topological polar surface area (TPSA) is 88.3 Å². The number of imide groups is 1. The van der Waals surface area contributed by atoms with E-state index in [1.807, 2.05) is 49.4 Å². The van der Waals surface area contributed by atoms with E-state index in [-0.39, 0.29) is 12.5 Å². The van der Waals surface area contributed by atoms with Crippen molar-refractivity contribution in [3.63, 3.8) is 0 Å². The number of carbonyl (C=O) groups excluding carboxylic acids is 2. The molecule has 0 bridgehead atoms. The smallest absolute Gasteiger partial charge is 0.325 e. The highest BCUT2D eigenvalue weighted by molar-refractivity contribution is 6.09. The molecule has 1 N–H and O–H groups in total. The Morgan fingerprint density at radius 1 is 1.15 bits per heavy atom. The number of carbonyl (C=O) groups is 2. The molecule has 7 nitrogen and oxygen atoms in total. The van der Waals surface area contributed by atoms with Gasteiger partial charge in [-0.1, -0.05) is 54.5 Å². The van der Waals surface area contributed by atoms with E-state index in [0.717, 1.165) is 21.2 Å². The summed E-state index contributed by atoms with van der Waals surface area (Å²) in [4.78, 5) is 30.9. The van der Waals surface area contributed by atoms with Crippen LogP contribution in [-0.4, -0.2) is 27.0 Å². The fourth-order valence-electron chi connectivity index (χ4n) is 3.32. The second-order valence-corrected chi connectivity index (χ2v) is 6.43. The van der Waals surface area contributed by atoms with Crippen LogP contribution in [0.2, 0.25) is 0 Å². The normalized spacial score (nSPS) is 20.0. The van der Waals surface area contributed by atoms with E-state index < -0.39 is 11.6 Å². The summed E-state index contributed by atoms with van der Waals surface area (Å²) in [6.45, 7) is 3.60. The van der Waals surface area contributed by atoms with E-state index in [0.29, 0.717) is 18.1 Å². The van der Waals surface area contributed by atoms with Crippen LogP contribution in [0.4, 0.5) is 4.79 Å². The Balaban J connectivity index is 1.71. The molecule has 1 aromatic heterocycles. The van der Waals surface area contributed by atoms with E-state index in [2.05, 4.69) is 15.5 Å².